The van der Waals surface area contributed by atoms with Gasteiger partial charge in [0.25, 0.3) is 0 Å². The Morgan fingerprint density at radius 3 is 2.65 bits per heavy atom. The van der Waals surface area contributed by atoms with Crippen molar-refractivity contribution in [3.8, 4) is 0 Å². The van der Waals surface area contributed by atoms with Crippen molar-refractivity contribution in [2.24, 2.45) is 5.73 Å². The highest BCUT2D eigenvalue weighted by molar-refractivity contribution is 9.10. The number of ether oxygens (including phenoxy) is 1. The van der Waals surface area contributed by atoms with E-state index in [0.29, 0.717) is 16.5 Å². The van der Waals surface area contributed by atoms with Crippen LogP contribution in [0.1, 0.15) is 31.9 Å². The van der Waals surface area contributed by atoms with Crippen LogP contribution in [0.15, 0.2) is 16.6 Å². The minimum absolute atomic E-state index is 0.0631. The molecule has 1 atom stereocenters. The molecule has 1 aromatic carbocycles. The number of rotatable bonds is 4. The number of nitrogens with two attached hydrogens (primary N) is 1. The molecule has 0 fully saturated rings. The lowest BCUT2D eigenvalue weighted by molar-refractivity contribution is 0.00974. The lowest BCUT2D eigenvalue weighted by Crippen LogP contribution is -2.29. The molecule has 0 aromatic heterocycles. The summed E-state index contributed by atoms with van der Waals surface area (Å²) in [6.45, 7) is 3.82. The molecule has 0 bridgehead atoms. The van der Waals surface area contributed by atoms with Crippen molar-refractivity contribution in [2.45, 2.75) is 31.9 Å². The Hall–Kier alpha value is -0.160. The Labute approximate surface area is 114 Å². The molecule has 0 saturated carbocycles. The van der Waals surface area contributed by atoms with Crippen molar-refractivity contribution in [3.05, 3.63) is 33.0 Å². The highest BCUT2D eigenvalue weighted by Crippen LogP contribution is 2.32. The molecule has 0 aliphatic heterocycles. The summed E-state index contributed by atoms with van der Waals surface area (Å²) in [5.74, 6) is -0.472. The van der Waals surface area contributed by atoms with Gasteiger partial charge >= 0.3 is 0 Å². The van der Waals surface area contributed by atoms with Crippen molar-refractivity contribution in [2.75, 3.05) is 7.11 Å². The van der Waals surface area contributed by atoms with Gasteiger partial charge in [0.1, 0.15) is 5.82 Å². The number of benzene rings is 1. The zero-order chi connectivity index (χ0) is 13.2. The highest BCUT2D eigenvalue weighted by Gasteiger charge is 2.24. The van der Waals surface area contributed by atoms with Crippen LogP contribution >= 0.6 is 27.5 Å². The van der Waals surface area contributed by atoms with Gasteiger partial charge in [-0.25, -0.2) is 4.39 Å². The first kappa shape index (κ1) is 14.9. The van der Waals surface area contributed by atoms with Crippen molar-refractivity contribution in [1.82, 2.24) is 0 Å². The first-order valence-electron chi connectivity index (χ1n) is 5.22. The summed E-state index contributed by atoms with van der Waals surface area (Å²) in [7, 11) is 1.61. The summed E-state index contributed by atoms with van der Waals surface area (Å²) in [5, 5.41) is 0.0631. The van der Waals surface area contributed by atoms with Crippen LogP contribution in [-0.2, 0) is 4.74 Å². The van der Waals surface area contributed by atoms with Crippen LogP contribution in [0, 0.1) is 5.82 Å². The molecule has 0 aliphatic carbocycles. The second-order valence-corrected chi connectivity index (χ2v) is 5.77. The third-order valence-corrected chi connectivity index (χ3v) is 3.99. The zero-order valence-electron chi connectivity index (χ0n) is 10.1. The normalized spacial score (nSPS) is 13.8. The Kier molecular flexibility index (Phi) is 4.95. The second kappa shape index (κ2) is 5.65. The third kappa shape index (κ3) is 3.65. The molecule has 0 amide bonds. The van der Waals surface area contributed by atoms with Gasteiger partial charge in [-0.15, -0.1) is 0 Å². The van der Waals surface area contributed by atoms with Gasteiger partial charge in [-0.1, -0.05) is 17.7 Å². The van der Waals surface area contributed by atoms with Crippen LogP contribution in [0.25, 0.3) is 0 Å². The van der Waals surface area contributed by atoms with Crippen LogP contribution < -0.4 is 5.73 Å². The SMILES string of the molecule is COC(C)(C)CC(N)c1ccc(Br)c(Cl)c1F. The summed E-state index contributed by atoms with van der Waals surface area (Å²) in [5.41, 5.74) is 5.99. The standard InChI is InChI=1S/C12H16BrClFNO/c1-12(2,17-3)6-9(16)7-4-5-8(13)10(14)11(7)15/h4-5,9H,6,16H2,1-3H3. The molecule has 2 nitrogen and oxygen atoms in total. The molecule has 5 heteroatoms. The highest BCUT2D eigenvalue weighted by atomic mass is 79.9. The number of hydrogen-bond acceptors (Lipinski definition) is 2. The van der Waals surface area contributed by atoms with Gasteiger partial charge in [0.2, 0.25) is 0 Å². The fourth-order valence-electron chi connectivity index (χ4n) is 1.55. The number of halogens is 3. The van der Waals surface area contributed by atoms with Gasteiger partial charge in [0.05, 0.1) is 10.6 Å². The summed E-state index contributed by atoms with van der Waals surface area (Å²) < 4.78 is 19.7. The molecule has 0 radical (unpaired) electrons. The van der Waals surface area contributed by atoms with Gasteiger partial charge in [0, 0.05) is 23.2 Å². The van der Waals surface area contributed by atoms with E-state index >= 15 is 0 Å². The Balaban J connectivity index is 2.98. The molecular weight excluding hydrogens is 308 g/mol. The topological polar surface area (TPSA) is 35.2 Å². The summed E-state index contributed by atoms with van der Waals surface area (Å²) in [6.07, 6.45) is 0.512. The van der Waals surface area contributed by atoms with Crippen LogP contribution in [-0.4, -0.2) is 12.7 Å². The monoisotopic (exact) mass is 323 g/mol. The predicted molar refractivity (Wildman–Crippen MR) is 71.7 cm³/mol. The molecule has 1 rings (SSSR count). The first-order valence-corrected chi connectivity index (χ1v) is 6.39. The van der Waals surface area contributed by atoms with E-state index in [0.717, 1.165) is 0 Å². The Morgan fingerprint density at radius 1 is 1.53 bits per heavy atom. The number of methoxy groups -OCH3 is 1. The van der Waals surface area contributed by atoms with E-state index in [9.17, 15) is 4.39 Å². The molecule has 96 valence electrons. The fraction of sp³-hybridized carbons (Fsp3) is 0.500. The Bertz CT molecular complexity index is 412. The van der Waals surface area contributed by atoms with Crippen molar-refractivity contribution in [3.63, 3.8) is 0 Å². The predicted octanol–water partition coefficient (Wildman–Crippen LogP) is 4.06. The molecule has 0 aliphatic rings. The van der Waals surface area contributed by atoms with Crippen LogP contribution in [0.5, 0.6) is 0 Å². The molecule has 1 unspecified atom stereocenters. The fourth-order valence-corrected chi connectivity index (χ4v) is 2.03. The van der Waals surface area contributed by atoms with E-state index < -0.39 is 17.5 Å². The smallest absolute Gasteiger partial charge is 0.147 e. The van der Waals surface area contributed by atoms with Gasteiger partial charge in [-0.3, -0.25) is 0 Å². The average molecular weight is 325 g/mol. The molecule has 0 heterocycles. The minimum atomic E-state index is -0.472. The molecule has 0 spiro atoms. The maximum absolute atomic E-state index is 13.9. The Morgan fingerprint density at radius 2 is 2.12 bits per heavy atom. The van der Waals surface area contributed by atoms with Gasteiger partial charge in [-0.2, -0.15) is 0 Å². The lowest BCUT2D eigenvalue weighted by atomic mass is 9.94. The zero-order valence-corrected chi connectivity index (χ0v) is 12.4. The van der Waals surface area contributed by atoms with Crippen molar-refractivity contribution in [1.29, 1.82) is 0 Å². The molecule has 1 aromatic rings. The maximum atomic E-state index is 13.9. The van der Waals surface area contributed by atoms with E-state index in [1.807, 2.05) is 13.8 Å². The third-order valence-electron chi connectivity index (χ3n) is 2.73. The van der Waals surface area contributed by atoms with Crippen molar-refractivity contribution >= 4 is 27.5 Å². The second-order valence-electron chi connectivity index (χ2n) is 4.54. The van der Waals surface area contributed by atoms with E-state index in [4.69, 9.17) is 22.1 Å². The molecule has 2 N–H and O–H groups in total. The van der Waals surface area contributed by atoms with E-state index in [1.54, 1.807) is 19.2 Å². The van der Waals surface area contributed by atoms with Crippen LogP contribution in [0.4, 0.5) is 4.39 Å². The maximum Gasteiger partial charge on any atom is 0.147 e. The summed E-state index contributed by atoms with van der Waals surface area (Å²) >= 11 is 8.99. The van der Waals surface area contributed by atoms with E-state index in [2.05, 4.69) is 15.9 Å². The van der Waals surface area contributed by atoms with Crippen LogP contribution in [0.2, 0.25) is 5.02 Å². The van der Waals surface area contributed by atoms with Gasteiger partial charge in [0.15, 0.2) is 0 Å². The first-order chi connectivity index (χ1) is 7.78. The molecule has 0 saturated heterocycles. The molecular formula is C12H16BrClFNO. The minimum Gasteiger partial charge on any atom is -0.379 e. The molecule has 17 heavy (non-hydrogen) atoms. The van der Waals surface area contributed by atoms with Crippen LogP contribution in [0.3, 0.4) is 0 Å². The van der Waals surface area contributed by atoms with Gasteiger partial charge < -0.3 is 10.5 Å². The van der Waals surface area contributed by atoms with E-state index in [1.165, 1.54) is 0 Å². The van der Waals surface area contributed by atoms with Gasteiger partial charge in [-0.05, 0) is 42.3 Å². The lowest BCUT2D eigenvalue weighted by Gasteiger charge is -2.27. The quantitative estimate of drug-likeness (QED) is 0.848. The summed E-state index contributed by atoms with van der Waals surface area (Å²) in [4.78, 5) is 0. The van der Waals surface area contributed by atoms with E-state index in [-0.39, 0.29) is 5.02 Å². The summed E-state index contributed by atoms with van der Waals surface area (Å²) in [6, 6.07) is 2.89. The number of hydrogen-bond donors (Lipinski definition) is 1. The largest absolute Gasteiger partial charge is 0.379 e. The average Bonchev–Trinajstić information content (AvgIpc) is 2.25. The van der Waals surface area contributed by atoms with Crippen molar-refractivity contribution < 1.29 is 9.13 Å².